The molecule has 1 aliphatic rings. The topological polar surface area (TPSA) is 58.2 Å². The van der Waals surface area contributed by atoms with Gasteiger partial charge in [0.1, 0.15) is 6.04 Å². The highest BCUT2D eigenvalue weighted by molar-refractivity contribution is 6.36. The fourth-order valence-corrected chi connectivity index (χ4v) is 3.83. The molecule has 2 amide bonds. The largest absolute Gasteiger partial charge is 0.391 e. The van der Waals surface area contributed by atoms with Gasteiger partial charge in [0.2, 0.25) is 5.91 Å². The standard InChI is InChI=1S/C19H23Cl2F3N2O2/c1-10(2)16(26-17(27)14-7-6-12(20)9-15(14)21)18(28)25-13-5-3-4-11(8-13)19(22,23)24/h6-7,9-11,13,16H,3-5,8H2,1-2H3,(H,25,28)(H,26,27)/t11-,13-,16-/m0/s1. The van der Waals surface area contributed by atoms with Crippen LogP contribution in [-0.4, -0.2) is 30.1 Å². The van der Waals surface area contributed by atoms with Gasteiger partial charge in [-0.3, -0.25) is 9.59 Å². The zero-order valence-electron chi connectivity index (χ0n) is 15.6. The maximum Gasteiger partial charge on any atom is 0.391 e. The third-order valence-corrected chi connectivity index (χ3v) is 5.44. The Kier molecular flexibility index (Phi) is 7.62. The number of carbonyl (C=O) groups excluding carboxylic acids is 2. The normalized spacial score (nSPS) is 21.3. The lowest BCUT2D eigenvalue weighted by Gasteiger charge is -2.32. The molecule has 1 aromatic carbocycles. The van der Waals surface area contributed by atoms with Crippen molar-refractivity contribution in [2.45, 2.75) is 57.8 Å². The van der Waals surface area contributed by atoms with Crippen molar-refractivity contribution in [3.63, 3.8) is 0 Å². The van der Waals surface area contributed by atoms with Gasteiger partial charge in [-0.1, -0.05) is 43.5 Å². The minimum atomic E-state index is -4.26. The lowest BCUT2D eigenvalue weighted by molar-refractivity contribution is -0.184. The molecule has 0 bridgehead atoms. The van der Waals surface area contributed by atoms with Crippen molar-refractivity contribution >= 4 is 35.0 Å². The van der Waals surface area contributed by atoms with Gasteiger partial charge in [0.15, 0.2) is 0 Å². The molecule has 0 heterocycles. The zero-order valence-corrected chi connectivity index (χ0v) is 17.1. The van der Waals surface area contributed by atoms with Crippen molar-refractivity contribution in [3.05, 3.63) is 33.8 Å². The smallest absolute Gasteiger partial charge is 0.352 e. The van der Waals surface area contributed by atoms with E-state index < -0.39 is 36.0 Å². The van der Waals surface area contributed by atoms with Crippen molar-refractivity contribution in [1.82, 2.24) is 10.6 Å². The predicted octanol–water partition coefficient (Wildman–Crippen LogP) is 4.99. The van der Waals surface area contributed by atoms with Crippen LogP contribution in [-0.2, 0) is 4.79 Å². The van der Waals surface area contributed by atoms with Gasteiger partial charge < -0.3 is 10.6 Å². The highest BCUT2D eigenvalue weighted by atomic mass is 35.5. The molecule has 2 rings (SSSR count). The Labute approximate surface area is 172 Å². The maximum atomic E-state index is 13.0. The first-order chi connectivity index (χ1) is 13.0. The summed E-state index contributed by atoms with van der Waals surface area (Å²) >= 11 is 11.8. The van der Waals surface area contributed by atoms with E-state index in [9.17, 15) is 22.8 Å². The van der Waals surface area contributed by atoms with Crippen LogP contribution in [0.15, 0.2) is 18.2 Å². The summed E-state index contributed by atoms with van der Waals surface area (Å²) in [5.41, 5.74) is 0.166. The molecule has 0 radical (unpaired) electrons. The summed E-state index contributed by atoms with van der Waals surface area (Å²) in [6, 6.07) is 2.91. The van der Waals surface area contributed by atoms with E-state index in [-0.39, 0.29) is 29.3 Å². The Morgan fingerprint density at radius 3 is 2.43 bits per heavy atom. The van der Waals surface area contributed by atoms with Crippen LogP contribution in [0.2, 0.25) is 10.0 Å². The SMILES string of the molecule is CC(C)[C@H](NC(=O)c1ccc(Cl)cc1Cl)C(=O)N[C@H]1CCC[C@H](C(F)(F)F)C1. The summed E-state index contributed by atoms with van der Waals surface area (Å²) in [4.78, 5) is 25.2. The number of carbonyl (C=O) groups is 2. The van der Waals surface area contributed by atoms with E-state index in [0.29, 0.717) is 17.9 Å². The van der Waals surface area contributed by atoms with Gasteiger partial charge in [0.05, 0.1) is 16.5 Å². The van der Waals surface area contributed by atoms with Crippen molar-refractivity contribution in [3.8, 4) is 0 Å². The number of rotatable bonds is 5. The first kappa shape index (κ1) is 22.8. The first-order valence-corrected chi connectivity index (χ1v) is 9.87. The van der Waals surface area contributed by atoms with E-state index >= 15 is 0 Å². The number of halogens is 5. The molecule has 0 unspecified atom stereocenters. The van der Waals surface area contributed by atoms with E-state index in [1.165, 1.54) is 18.2 Å². The summed E-state index contributed by atoms with van der Waals surface area (Å²) < 4.78 is 38.9. The first-order valence-electron chi connectivity index (χ1n) is 9.12. The molecule has 0 saturated heterocycles. The monoisotopic (exact) mass is 438 g/mol. The Morgan fingerprint density at radius 1 is 1.18 bits per heavy atom. The highest BCUT2D eigenvalue weighted by Gasteiger charge is 2.42. The van der Waals surface area contributed by atoms with Crippen LogP contribution in [0, 0.1) is 11.8 Å². The van der Waals surface area contributed by atoms with Crippen molar-refractivity contribution < 1.29 is 22.8 Å². The van der Waals surface area contributed by atoms with Gasteiger partial charge in [-0.15, -0.1) is 0 Å². The van der Waals surface area contributed by atoms with Crippen molar-refractivity contribution in [1.29, 1.82) is 0 Å². The van der Waals surface area contributed by atoms with Gasteiger partial charge in [-0.2, -0.15) is 13.2 Å². The molecule has 9 heteroatoms. The van der Waals surface area contributed by atoms with E-state index in [2.05, 4.69) is 10.6 Å². The predicted molar refractivity (Wildman–Crippen MR) is 102 cm³/mol. The molecule has 28 heavy (non-hydrogen) atoms. The second-order valence-corrected chi connectivity index (χ2v) is 8.27. The van der Waals surface area contributed by atoms with Gasteiger partial charge in [-0.05, 0) is 43.4 Å². The van der Waals surface area contributed by atoms with Crippen LogP contribution in [0.3, 0.4) is 0 Å². The summed E-state index contributed by atoms with van der Waals surface area (Å²) in [6.45, 7) is 3.49. The van der Waals surface area contributed by atoms with Crippen LogP contribution >= 0.6 is 23.2 Å². The lowest BCUT2D eigenvalue weighted by Crippen LogP contribution is -2.53. The maximum absolute atomic E-state index is 13.0. The quantitative estimate of drug-likeness (QED) is 0.680. The van der Waals surface area contributed by atoms with E-state index in [0.717, 1.165) is 0 Å². The van der Waals surface area contributed by atoms with E-state index in [4.69, 9.17) is 23.2 Å². The molecule has 0 spiro atoms. The fourth-order valence-electron chi connectivity index (χ4n) is 3.34. The molecule has 1 fully saturated rings. The molecule has 1 saturated carbocycles. The third-order valence-electron chi connectivity index (χ3n) is 4.89. The molecular weight excluding hydrogens is 416 g/mol. The summed E-state index contributed by atoms with van der Waals surface area (Å²) in [7, 11) is 0. The number of nitrogens with one attached hydrogen (secondary N) is 2. The molecule has 1 aromatic rings. The van der Waals surface area contributed by atoms with Gasteiger partial charge in [0, 0.05) is 11.1 Å². The molecule has 0 aromatic heterocycles. The van der Waals surface area contributed by atoms with Gasteiger partial charge >= 0.3 is 6.18 Å². The van der Waals surface area contributed by atoms with Crippen molar-refractivity contribution in [2.75, 3.05) is 0 Å². The van der Waals surface area contributed by atoms with Crippen LogP contribution in [0.1, 0.15) is 49.9 Å². The highest BCUT2D eigenvalue weighted by Crippen LogP contribution is 2.37. The molecule has 3 atom stereocenters. The Hall–Kier alpha value is -1.47. The van der Waals surface area contributed by atoms with Gasteiger partial charge in [-0.25, -0.2) is 0 Å². The minimum absolute atomic E-state index is 0.0787. The molecular formula is C19H23Cl2F3N2O2. The molecule has 1 aliphatic carbocycles. The van der Waals surface area contributed by atoms with Crippen LogP contribution in [0.25, 0.3) is 0 Å². The van der Waals surface area contributed by atoms with Crippen LogP contribution < -0.4 is 10.6 Å². The summed E-state index contributed by atoms with van der Waals surface area (Å²) in [6.07, 6.45) is -3.44. The average molecular weight is 439 g/mol. The minimum Gasteiger partial charge on any atom is -0.352 e. The second kappa shape index (κ2) is 9.35. The van der Waals surface area contributed by atoms with Gasteiger partial charge in [0.25, 0.3) is 5.91 Å². The summed E-state index contributed by atoms with van der Waals surface area (Å²) in [5, 5.41) is 5.82. The third kappa shape index (κ3) is 6.01. The average Bonchev–Trinajstić information content (AvgIpc) is 2.58. The van der Waals surface area contributed by atoms with Crippen LogP contribution in [0.4, 0.5) is 13.2 Å². The fraction of sp³-hybridized carbons (Fsp3) is 0.579. The molecule has 2 N–H and O–H groups in total. The number of benzene rings is 1. The van der Waals surface area contributed by atoms with Crippen molar-refractivity contribution in [2.24, 2.45) is 11.8 Å². The number of amides is 2. The zero-order chi connectivity index (χ0) is 21.1. The lowest BCUT2D eigenvalue weighted by atomic mass is 9.85. The number of alkyl halides is 3. The second-order valence-electron chi connectivity index (χ2n) is 7.43. The molecule has 156 valence electrons. The van der Waals surface area contributed by atoms with E-state index in [1.807, 2.05) is 0 Å². The Bertz CT molecular complexity index is 726. The Balaban J connectivity index is 2.04. The number of hydrogen-bond acceptors (Lipinski definition) is 2. The number of hydrogen-bond donors (Lipinski definition) is 2. The Morgan fingerprint density at radius 2 is 1.86 bits per heavy atom. The molecule has 4 nitrogen and oxygen atoms in total. The molecule has 0 aliphatic heterocycles. The van der Waals surface area contributed by atoms with Crippen LogP contribution in [0.5, 0.6) is 0 Å². The summed E-state index contributed by atoms with van der Waals surface area (Å²) in [5.74, 6) is -2.72. The van der Waals surface area contributed by atoms with E-state index in [1.54, 1.807) is 13.8 Å².